The van der Waals surface area contributed by atoms with E-state index in [2.05, 4.69) is 5.32 Å². The van der Waals surface area contributed by atoms with Gasteiger partial charge in [-0.05, 0) is 13.8 Å². The summed E-state index contributed by atoms with van der Waals surface area (Å²) in [4.78, 5) is 11.7. The second kappa shape index (κ2) is 6.86. The molecule has 0 saturated carbocycles. The highest BCUT2D eigenvalue weighted by atomic mass is 16.5. The topological polar surface area (TPSA) is 64.2 Å². The van der Waals surface area contributed by atoms with Crippen molar-refractivity contribution in [1.29, 1.82) is 0 Å². The molecule has 0 fully saturated rings. The zero-order chi connectivity index (χ0) is 13.5. The van der Waals surface area contributed by atoms with Crippen molar-refractivity contribution in [2.45, 2.75) is 19.9 Å². The van der Waals surface area contributed by atoms with Gasteiger partial charge in [-0.2, -0.15) is 0 Å². The molecule has 5 nitrogen and oxygen atoms in total. The molecule has 1 rings (SSSR count). The fourth-order valence-corrected chi connectivity index (χ4v) is 1.43. The van der Waals surface area contributed by atoms with E-state index in [4.69, 9.17) is 9.47 Å². The van der Waals surface area contributed by atoms with Crippen LogP contribution in [0.15, 0.2) is 18.2 Å². The Morgan fingerprint density at radius 2 is 1.78 bits per heavy atom. The second-order valence-corrected chi connectivity index (χ2v) is 4.33. The summed E-state index contributed by atoms with van der Waals surface area (Å²) in [5.74, 6) is 1.26. The van der Waals surface area contributed by atoms with Gasteiger partial charge < -0.3 is 20.1 Å². The Kier molecular flexibility index (Phi) is 5.45. The lowest BCUT2D eigenvalue weighted by atomic mass is 10.2. The standard InChI is InChI=1S/C13H20N2O3/c1-9(2)14-8-13(16)15-10-5-11(17-3)7-12(6-10)18-4/h5-7,9,14H,8H2,1-4H3,(H,15,16)/p+1. The molecule has 0 aliphatic heterocycles. The lowest BCUT2D eigenvalue weighted by molar-refractivity contribution is -0.672. The van der Waals surface area contributed by atoms with E-state index < -0.39 is 0 Å². The fourth-order valence-electron chi connectivity index (χ4n) is 1.43. The predicted octanol–water partition coefficient (Wildman–Crippen LogP) is 0.614. The van der Waals surface area contributed by atoms with E-state index in [1.807, 2.05) is 19.2 Å². The summed E-state index contributed by atoms with van der Waals surface area (Å²) in [6, 6.07) is 5.68. The summed E-state index contributed by atoms with van der Waals surface area (Å²) in [6.45, 7) is 4.49. The van der Waals surface area contributed by atoms with Gasteiger partial charge in [0.25, 0.3) is 5.91 Å². The highest BCUT2D eigenvalue weighted by Gasteiger charge is 2.08. The second-order valence-electron chi connectivity index (χ2n) is 4.33. The van der Waals surface area contributed by atoms with E-state index in [1.165, 1.54) is 0 Å². The van der Waals surface area contributed by atoms with E-state index in [0.29, 0.717) is 29.8 Å². The number of anilines is 1. The smallest absolute Gasteiger partial charge is 0.279 e. The number of carbonyl (C=O) groups excluding carboxylic acids is 1. The van der Waals surface area contributed by atoms with Crippen molar-refractivity contribution in [1.82, 2.24) is 0 Å². The number of ether oxygens (including phenoxy) is 2. The quantitative estimate of drug-likeness (QED) is 0.781. The van der Waals surface area contributed by atoms with Crippen LogP contribution in [0.25, 0.3) is 0 Å². The fraction of sp³-hybridized carbons (Fsp3) is 0.462. The van der Waals surface area contributed by atoms with Crippen molar-refractivity contribution in [3.8, 4) is 11.5 Å². The number of benzene rings is 1. The number of rotatable bonds is 6. The number of hydrogen-bond acceptors (Lipinski definition) is 3. The van der Waals surface area contributed by atoms with Gasteiger partial charge in [-0.15, -0.1) is 0 Å². The molecule has 0 atom stereocenters. The minimum atomic E-state index is -0.0426. The zero-order valence-electron chi connectivity index (χ0n) is 11.3. The van der Waals surface area contributed by atoms with Crippen LogP contribution < -0.4 is 20.1 Å². The summed E-state index contributed by atoms with van der Waals surface area (Å²) in [5, 5.41) is 4.78. The van der Waals surface area contributed by atoms with Crippen LogP contribution in [0.1, 0.15) is 13.8 Å². The molecule has 0 aliphatic rings. The molecule has 0 spiro atoms. The van der Waals surface area contributed by atoms with Gasteiger partial charge in [-0.3, -0.25) is 4.79 Å². The molecule has 5 heteroatoms. The minimum absolute atomic E-state index is 0.0426. The van der Waals surface area contributed by atoms with Gasteiger partial charge in [0.05, 0.1) is 20.3 Å². The van der Waals surface area contributed by atoms with Crippen molar-refractivity contribution in [3.63, 3.8) is 0 Å². The Labute approximate surface area is 107 Å². The van der Waals surface area contributed by atoms with Gasteiger partial charge in [0, 0.05) is 23.9 Å². The van der Waals surface area contributed by atoms with E-state index in [1.54, 1.807) is 32.4 Å². The molecule has 1 amide bonds. The number of hydrogen-bond donors (Lipinski definition) is 2. The van der Waals surface area contributed by atoms with Crippen LogP contribution in [0.3, 0.4) is 0 Å². The van der Waals surface area contributed by atoms with Crippen molar-refractivity contribution in [3.05, 3.63) is 18.2 Å². The molecule has 100 valence electrons. The van der Waals surface area contributed by atoms with Crippen molar-refractivity contribution in [2.24, 2.45) is 0 Å². The molecule has 0 unspecified atom stereocenters. The molecule has 0 aliphatic carbocycles. The summed E-state index contributed by atoms with van der Waals surface area (Å²) in [7, 11) is 3.15. The third-order valence-electron chi connectivity index (χ3n) is 2.41. The Bertz CT molecular complexity index is 383. The first-order valence-electron chi connectivity index (χ1n) is 5.91. The molecule has 0 bridgehead atoms. The highest BCUT2D eigenvalue weighted by Crippen LogP contribution is 2.25. The third kappa shape index (κ3) is 4.63. The number of carbonyl (C=O) groups is 1. The summed E-state index contributed by atoms with van der Waals surface area (Å²) >= 11 is 0. The first kappa shape index (κ1) is 14.3. The average Bonchev–Trinajstić information content (AvgIpc) is 2.35. The average molecular weight is 253 g/mol. The van der Waals surface area contributed by atoms with Crippen LogP contribution in [0.2, 0.25) is 0 Å². The molecule has 0 radical (unpaired) electrons. The highest BCUT2D eigenvalue weighted by molar-refractivity contribution is 5.91. The number of nitrogens with one attached hydrogen (secondary N) is 1. The third-order valence-corrected chi connectivity index (χ3v) is 2.41. The van der Waals surface area contributed by atoms with E-state index >= 15 is 0 Å². The van der Waals surface area contributed by atoms with Crippen LogP contribution in [-0.4, -0.2) is 32.7 Å². The van der Waals surface area contributed by atoms with Crippen LogP contribution in [0.4, 0.5) is 5.69 Å². The Morgan fingerprint density at radius 3 is 2.22 bits per heavy atom. The maximum atomic E-state index is 11.7. The van der Waals surface area contributed by atoms with Crippen LogP contribution in [-0.2, 0) is 4.79 Å². The van der Waals surface area contributed by atoms with Crippen LogP contribution in [0, 0.1) is 0 Å². The molecule has 0 saturated heterocycles. The lowest BCUT2D eigenvalue weighted by Gasteiger charge is -2.10. The summed E-state index contributed by atoms with van der Waals surface area (Å²) in [6.07, 6.45) is 0. The first-order valence-corrected chi connectivity index (χ1v) is 5.91. The van der Waals surface area contributed by atoms with Crippen molar-refractivity contribution in [2.75, 3.05) is 26.1 Å². The van der Waals surface area contributed by atoms with E-state index in [9.17, 15) is 4.79 Å². The predicted molar refractivity (Wildman–Crippen MR) is 70.1 cm³/mol. The SMILES string of the molecule is COc1cc(NC(=O)C[NH2+]C(C)C)cc(OC)c1. The molecular formula is C13H21N2O3+. The molecule has 3 N–H and O–H groups in total. The summed E-state index contributed by atoms with van der Waals surface area (Å²) < 4.78 is 10.3. The minimum Gasteiger partial charge on any atom is -0.497 e. The number of amides is 1. The molecule has 0 aromatic heterocycles. The molecule has 1 aromatic rings. The molecule has 18 heavy (non-hydrogen) atoms. The maximum absolute atomic E-state index is 11.7. The molecular weight excluding hydrogens is 232 g/mol. The Balaban J connectivity index is 2.68. The van der Waals surface area contributed by atoms with E-state index in [0.717, 1.165) is 0 Å². The van der Waals surface area contributed by atoms with Crippen LogP contribution in [0.5, 0.6) is 11.5 Å². The van der Waals surface area contributed by atoms with Gasteiger partial charge in [0.15, 0.2) is 6.54 Å². The van der Waals surface area contributed by atoms with Gasteiger partial charge in [-0.25, -0.2) is 0 Å². The monoisotopic (exact) mass is 253 g/mol. The normalized spacial score (nSPS) is 10.3. The van der Waals surface area contributed by atoms with Crippen molar-refractivity contribution < 1.29 is 19.6 Å². The van der Waals surface area contributed by atoms with Crippen LogP contribution >= 0.6 is 0 Å². The number of nitrogens with two attached hydrogens (primary N) is 1. The summed E-state index contributed by atoms with van der Waals surface area (Å²) in [5.41, 5.74) is 0.674. The number of methoxy groups -OCH3 is 2. The zero-order valence-corrected chi connectivity index (χ0v) is 11.3. The number of quaternary nitrogens is 1. The van der Waals surface area contributed by atoms with Crippen molar-refractivity contribution >= 4 is 11.6 Å². The van der Waals surface area contributed by atoms with Gasteiger partial charge >= 0.3 is 0 Å². The van der Waals surface area contributed by atoms with Gasteiger partial charge in [0.2, 0.25) is 0 Å². The Hall–Kier alpha value is -1.75. The maximum Gasteiger partial charge on any atom is 0.279 e. The Morgan fingerprint density at radius 1 is 1.22 bits per heavy atom. The van der Waals surface area contributed by atoms with Gasteiger partial charge in [-0.1, -0.05) is 0 Å². The van der Waals surface area contributed by atoms with E-state index in [-0.39, 0.29) is 5.91 Å². The largest absolute Gasteiger partial charge is 0.497 e. The molecule has 0 heterocycles. The van der Waals surface area contributed by atoms with Gasteiger partial charge in [0.1, 0.15) is 11.5 Å². The lowest BCUT2D eigenvalue weighted by Crippen LogP contribution is -2.90. The first-order chi connectivity index (χ1) is 8.55. The molecule has 1 aromatic carbocycles.